The van der Waals surface area contributed by atoms with Crippen molar-refractivity contribution in [2.24, 2.45) is 5.92 Å². The molecule has 2 fully saturated rings. The van der Waals surface area contributed by atoms with Gasteiger partial charge in [0.15, 0.2) is 0 Å². The number of rotatable bonds is 4. The fourth-order valence-corrected chi connectivity index (χ4v) is 3.13. The number of nitrogens with zero attached hydrogens (tertiary/aromatic N) is 1. The standard InChI is InChI=1S/C13H23NO3/c1-16-10-13(15)17-9-11-5-4-8-14-7-3-2-6-12(11)14/h11-12H,2-10H2,1H3/t11-,12-/m1/s1. The number of hydrogen-bond donors (Lipinski definition) is 0. The van der Waals surface area contributed by atoms with E-state index in [0.29, 0.717) is 18.6 Å². The van der Waals surface area contributed by atoms with Crippen molar-refractivity contribution in [1.29, 1.82) is 0 Å². The average Bonchev–Trinajstić information content (AvgIpc) is 2.36. The Bertz CT molecular complexity index is 255. The van der Waals surface area contributed by atoms with Crippen molar-refractivity contribution in [1.82, 2.24) is 4.90 Å². The minimum absolute atomic E-state index is 0.0705. The van der Waals surface area contributed by atoms with Gasteiger partial charge in [0.2, 0.25) is 0 Å². The van der Waals surface area contributed by atoms with Gasteiger partial charge in [-0.1, -0.05) is 6.42 Å². The molecule has 2 rings (SSSR count). The largest absolute Gasteiger partial charge is 0.464 e. The first-order valence-electron chi connectivity index (χ1n) is 6.70. The van der Waals surface area contributed by atoms with Crippen LogP contribution in [0.3, 0.4) is 0 Å². The van der Waals surface area contributed by atoms with E-state index in [2.05, 4.69) is 4.90 Å². The molecule has 0 N–H and O–H groups in total. The van der Waals surface area contributed by atoms with Crippen molar-refractivity contribution in [3.05, 3.63) is 0 Å². The topological polar surface area (TPSA) is 38.8 Å². The van der Waals surface area contributed by atoms with Crippen LogP contribution in [0, 0.1) is 5.92 Å². The van der Waals surface area contributed by atoms with Crippen molar-refractivity contribution >= 4 is 5.97 Å². The summed E-state index contributed by atoms with van der Waals surface area (Å²) < 4.78 is 10.0. The number of piperidine rings is 2. The van der Waals surface area contributed by atoms with Crippen LogP contribution < -0.4 is 0 Å². The van der Waals surface area contributed by atoms with E-state index in [4.69, 9.17) is 9.47 Å². The first kappa shape index (κ1) is 12.8. The van der Waals surface area contributed by atoms with Crippen molar-refractivity contribution in [3.63, 3.8) is 0 Å². The van der Waals surface area contributed by atoms with Gasteiger partial charge in [-0.05, 0) is 38.8 Å². The van der Waals surface area contributed by atoms with Gasteiger partial charge in [0.1, 0.15) is 6.61 Å². The smallest absolute Gasteiger partial charge is 0.332 e. The number of ether oxygens (including phenoxy) is 2. The number of carbonyl (C=O) groups is 1. The average molecular weight is 241 g/mol. The molecule has 0 aliphatic carbocycles. The van der Waals surface area contributed by atoms with Gasteiger partial charge < -0.3 is 9.47 Å². The molecule has 0 aromatic carbocycles. The zero-order valence-electron chi connectivity index (χ0n) is 10.7. The molecule has 2 aliphatic heterocycles. The van der Waals surface area contributed by atoms with Crippen molar-refractivity contribution < 1.29 is 14.3 Å². The minimum Gasteiger partial charge on any atom is -0.464 e. The summed E-state index contributed by atoms with van der Waals surface area (Å²) >= 11 is 0. The maximum absolute atomic E-state index is 11.3. The fourth-order valence-electron chi connectivity index (χ4n) is 3.13. The Morgan fingerprint density at radius 1 is 1.24 bits per heavy atom. The Morgan fingerprint density at radius 2 is 2.06 bits per heavy atom. The van der Waals surface area contributed by atoms with Crippen molar-refractivity contribution in [2.75, 3.05) is 33.4 Å². The number of fused-ring (bicyclic) bond motifs is 1. The third-order valence-electron chi connectivity index (χ3n) is 3.95. The molecule has 0 unspecified atom stereocenters. The van der Waals surface area contributed by atoms with Crippen LogP contribution in [0.4, 0.5) is 0 Å². The summed E-state index contributed by atoms with van der Waals surface area (Å²) in [6.45, 7) is 3.10. The molecule has 0 aromatic rings. The van der Waals surface area contributed by atoms with Crippen LogP contribution in [0.2, 0.25) is 0 Å². The summed E-state index contributed by atoms with van der Waals surface area (Å²) in [6, 6.07) is 0.646. The zero-order chi connectivity index (χ0) is 12.1. The highest BCUT2D eigenvalue weighted by atomic mass is 16.6. The summed E-state index contributed by atoms with van der Waals surface area (Å²) in [5.74, 6) is 0.297. The molecule has 0 bridgehead atoms. The molecule has 2 saturated heterocycles. The van der Waals surface area contributed by atoms with E-state index in [1.807, 2.05) is 0 Å². The van der Waals surface area contributed by atoms with Crippen LogP contribution in [-0.2, 0) is 14.3 Å². The third kappa shape index (κ3) is 3.42. The second-order valence-electron chi connectivity index (χ2n) is 5.12. The molecule has 98 valence electrons. The molecule has 0 amide bonds. The second-order valence-corrected chi connectivity index (χ2v) is 5.12. The molecule has 4 heteroatoms. The minimum atomic E-state index is -0.236. The highest BCUT2D eigenvalue weighted by Crippen LogP contribution is 2.30. The summed E-state index contributed by atoms with van der Waals surface area (Å²) in [5.41, 5.74) is 0. The summed E-state index contributed by atoms with van der Waals surface area (Å²) in [5, 5.41) is 0. The quantitative estimate of drug-likeness (QED) is 0.698. The Balaban J connectivity index is 1.80. The Morgan fingerprint density at radius 3 is 2.88 bits per heavy atom. The molecule has 2 heterocycles. The third-order valence-corrected chi connectivity index (χ3v) is 3.95. The molecule has 2 atom stereocenters. The highest BCUT2D eigenvalue weighted by molar-refractivity contribution is 5.70. The molecule has 17 heavy (non-hydrogen) atoms. The molecule has 0 saturated carbocycles. The van der Waals surface area contributed by atoms with Gasteiger partial charge in [0.05, 0.1) is 6.61 Å². The SMILES string of the molecule is COCC(=O)OC[C@H]1CCCN2CCCC[C@H]12. The summed E-state index contributed by atoms with van der Waals surface area (Å²) in [6.07, 6.45) is 6.35. The van der Waals surface area contributed by atoms with Crippen LogP contribution in [0.25, 0.3) is 0 Å². The number of methoxy groups -OCH3 is 1. The van der Waals surface area contributed by atoms with E-state index in [1.165, 1.54) is 52.3 Å². The van der Waals surface area contributed by atoms with Gasteiger partial charge in [-0.3, -0.25) is 4.90 Å². The predicted molar refractivity (Wildman–Crippen MR) is 64.8 cm³/mol. The molecule has 4 nitrogen and oxygen atoms in total. The molecule has 0 aromatic heterocycles. The number of carbonyl (C=O) groups excluding carboxylic acids is 1. The maximum Gasteiger partial charge on any atom is 0.332 e. The molecule has 0 radical (unpaired) electrons. The van der Waals surface area contributed by atoms with Gasteiger partial charge in [-0.15, -0.1) is 0 Å². The van der Waals surface area contributed by atoms with Gasteiger partial charge in [0.25, 0.3) is 0 Å². The van der Waals surface area contributed by atoms with Crippen molar-refractivity contribution in [2.45, 2.75) is 38.1 Å². The van der Waals surface area contributed by atoms with Gasteiger partial charge >= 0.3 is 5.97 Å². The monoisotopic (exact) mass is 241 g/mol. The van der Waals surface area contributed by atoms with E-state index >= 15 is 0 Å². The van der Waals surface area contributed by atoms with E-state index in [1.54, 1.807) is 0 Å². The summed E-state index contributed by atoms with van der Waals surface area (Å²) in [4.78, 5) is 13.9. The van der Waals surface area contributed by atoms with E-state index in [9.17, 15) is 4.79 Å². The second kappa shape index (κ2) is 6.36. The molecular formula is C13H23NO3. The number of esters is 1. The fraction of sp³-hybridized carbons (Fsp3) is 0.923. The van der Waals surface area contributed by atoms with Gasteiger partial charge in [-0.2, -0.15) is 0 Å². The van der Waals surface area contributed by atoms with Crippen LogP contribution in [0.5, 0.6) is 0 Å². The summed E-state index contributed by atoms with van der Waals surface area (Å²) in [7, 11) is 1.52. The van der Waals surface area contributed by atoms with Crippen LogP contribution >= 0.6 is 0 Å². The Hall–Kier alpha value is -0.610. The van der Waals surface area contributed by atoms with E-state index in [-0.39, 0.29) is 12.6 Å². The normalized spacial score (nSPS) is 29.7. The zero-order valence-corrected chi connectivity index (χ0v) is 10.7. The lowest BCUT2D eigenvalue weighted by molar-refractivity contribution is -0.150. The highest BCUT2D eigenvalue weighted by Gasteiger charge is 2.33. The molecule has 2 aliphatic rings. The Kier molecular flexibility index (Phi) is 4.80. The van der Waals surface area contributed by atoms with E-state index in [0.717, 1.165) is 0 Å². The predicted octanol–water partition coefficient (Wildman–Crippen LogP) is 1.44. The van der Waals surface area contributed by atoms with Gasteiger partial charge in [0, 0.05) is 19.1 Å². The lowest BCUT2D eigenvalue weighted by atomic mass is 9.84. The Labute approximate surface area is 103 Å². The lowest BCUT2D eigenvalue weighted by Gasteiger charge is -2.44. The number of hydrogen-bond acceptors (Lipinski definition) is 4. The van der Waals surface area contributed by atoms with Crippen LogP contribution in [-0.4, -0.2) is 50.3 Å². The molecule has 0 spiro atoms. The maximum atomic E-state index is 11.3. The lowest BCUT2D eigenvalue weighted by Crippen LogP contribution is -2.49. The van der Waals surface area contributed by atoms with Gasteiger partial charge in [-0.25, -0.2) is 4.79 Å². The van der Waals surface area contributed by atoms with Crippen molar-refractivity contribution in [3.8, 4) is 0 Å². The molecular weight excluding hydrogens is 218 g/mol. The van der Waals surface area contributed by atoms with Crippen LogP contribution in [0.1, 0.15) is 32.1 Å². The first-order valence-corrected chi connectivity index (χ1v) is 6.70. The van der Waals surface area contributed by atoms with E-state index < -0.39 is 0 Å². The van der Waals surface area contributed by atoms with Crippen LogP contribution in [0.15, 0.2) is 0 Å². The first-order chi connectivity index (χ1) is 8.31.